The summed E-state index contributed by atoms with van der Waals surface area (Å²) in [5.74, 6) is 2.03. The van der Waals surface area contributed by atoms with Crippen LogP contribution in [0.2, 0.25) is 0 Å². The van der Waals surface area contributed by atoms with Gasteiger partial charge in [0.1, 0.15) is 0 Å². The maximum absolute atomic E-state index is 2.41. The average molecular weight is 108 g/mol. The van der Waals surface area contributed by atoms with E-state index in [0.29, 0.717) is 0 Å². The summed E-state index contributed by atoms with van der Waals surface area (Å²) in [7, 11) is 0. The largest absolute Gasteiger partial charge is 0.0844 e. The van der Waals surface area contributed by atoms with Crippen LogP contribution in [0.3, 0.4) is 0 Å². The molecule has 2 rings (SSSR count). The van der Waals surface area contributed by atoms with Gasteiger partial charge in [-0.15, -0.1) is 0 Å². The summed E-state index contributed by atoms with van der Waals surface area (Å²) in [6, 6.07) is 0. The highest BCUT2D eigenvalue weighted by molar-refractivity contribution is 5.22. The number of hydrogen-bond donors (Lipinski definition) is 0. The van der Waals surface area contributed by atoms with E-state index in [-0.39, 0.29) is 0 Å². The number of rotatable bonds is 0. The minimum absolute atomic E-state index is 1.01. The molecular formula is C8H12. The van der Waals surface area contributed by atoms with Gasteiger partial charge in [0, 0.05) is 0 Å². The Balaban J connectivity index is 2.20. The molecule has 2 aliphatic carbocycles. The van der Waals surface area contributed by atoms with Crippen molar-refractivity contribution in [3.63, 3.8) is 0 Å². The van der Waals surface area contributed by atoms with E-state index in [1.165, 1.54) is 19.3 Å². The molecule has 0 saturated heterocycles. The molecular weight excluding hydrogens is 96.1 g/mol. The number of hydrogen-bond acceptors (Lipinski definition) is 0. The second kappa shape index (κ2) is 1.37. The van der Waals surface area contributed by atoms with Gasteiger partial charge in [0.2, 0.25) is 0 Å². The fourth-order valence-electron chi connectivity index (χ4n) is 1.90. The van der Waals surface area contributed by atoms with Crippen LogP contribution in [0.5, 0.6) is 0 Å². The molecule has 2 aliphatic rings. The van der Waals surface area contributed by atoms with E-state index in [0.717, 1.165) is 11.8 Å². The first-order valence-electron chi connectivity index (χ1n) is 3.57. The van der Waals surface area contributed by atoms with Gasteiger partial charge in [-0.05, 0) is 31.1 Å². The molecule has 0 amide bonds. The zero-order chi connectivity index (χ0) is 5.56. The molecule has 2 atom stereocenters. The van der Waals surface area contributed by atoms with Crippen molar-refractivity contribution in [2.75, 3.05) is 0 Å². The third kappa shape index (κ3) is 0.410. The Morgan fingerprint density at radius 2 is 2.50 bits per heavy atom. The third-order valence-corrected chi connectivity index (χ3v) is 2.69. The maximum atomic E-state index is 2.41. The lowest BCUT2D eigenvalue weighted by Crippen LogP contribution is -2.11. The lowest BCUT2D eigenvalue weighted by atomic mass is 9.83. The monoisotopic (exact) mass is 108 g/mol. The van der Waals surface area contributed by atoms with Crippen molar-refractivity contribution >= 4 is 0 Å². The number of fused-ring (bicyclic) bond motifs is 1. The average Bonchev–Trinajstić information content (AvgIpc) is 1.80. The van der Waals surface area contributed by atoms with E-state index < -0.39 is 0 Å². The first-order chi connectivity index (χ1) is 3.88. The summed E-state index contributed by atoms with van der Waals surface area (Å²) in [4.78, 5) is 0. The third-order valence-electron chi connectivity index (χ3n) is 2.69. The Bertz CT molecular complexity index is 133. The molecule has 0 N–H and O–H groups in total. The fourth-order valence-corrected chi connectivity index (χ4v) is 1.90. The van der Waals surface area contributed by atoms with Crippen LogP contribution in [0.4, 0.5) is 0 Å². The molecule has 0 aromatic heterocycles. The molecule has 0 radical (unpaired) electrons. The maximum Gasteiger partial charge on any atom is -0.0143 e. The van der Waals surface area contributed by atoms with Crippen LogP contribution in [-0.2, 0) is 0 Å². The van der Waals surface area contributed by atoms with E-state index in [4.69, 9.17) is 0 Å². The molecule has 8 heavy (non-hydrogen) atoms. The van der Waals surface area contributed by atoms with Gasteiger partial charge in [-0.1, -0.05) is 18.6 Å². The van der Waals surface area contributed by atoms with Crippen LogP contribution in [0.15, 0.2) is 11.6 Å². The predicted molar refractivity (Wildman–Crippen MR) is 34.6 cm³/mol. The van der Waals surface area contributed by atoms with Crippen molar-refractivity contribution in [1.82, 2.24) is 0 Å². The van der Waals surface area contributed by atoms with Crippen LogP contribution < -0.4 is 0 Å². The summed E-state index contributed by atoms with van der Waals surface area (Å²) in [5.41, 5.74) is 1.76. The molecule has 44 valence electrons. The highest BCUT2D eigenvalue weighted by atomic mass is 14.4. The van der Waals surface area contributed by atoms with Crippen molar-refractivity contribution in [3.05, 3.63) is 11.6 Å². The van der Waals surface area contributed by atoms with E-state index in [1.54, 1.807) is 5.57 Å². The SMILES string of the molecule is CC1CCC2=CCC21. The highest BCUT2D eigenvalue weighted by Crippen LogP contribution is 2.44. The molecule has 1 fully saturated rings. The van der Waals surface area contributed by atoms with Crippen LogP contribution in [-0.4, -0.2) is 0 Å². The zero-order valence-electron chi connectivity index (χ0n) is 5.35. The van der Waals surface area contributed by atoms with Crippen LogP contribution in [0.1, 0.15) is 26.2 Å². The molecule has 0 bridgehead atoms. The van der Waals surface area contributed by atoms with E-state index in [1.807, 2.05) is 0 Å². The standard InChI is InChI=1S/C8H12/c1-6-2-3-7-4-5-8(6)7/h4,6,8H,2-3,5H2,1H3. The Morgan fingerprint density at radius 3 is 2.75 bits per heavy atom. The second-order valence-corrected chi connectivity index (χ2v) is 3.14. The number of allylic oxidation sites excluding steroid dienone is 2. The molecule has 2 unspecified atom stereocenters. The first kappa shape index (κ1) is 4.60. The van der Waals surface area contributed by atoms with Gasteiger partial charge >= 0.3 is 0 Å². The summed E-state index contributed by atoms with van der Waals surface area (Å²) >= 11 is 0. The van der Waals surface area contributed by atoms with Gasteiger partial charge in [-0.25, -0.2) is 0 Å². The van der Waals surface area contributed by atoms with E-state index >= 15 is 0 Å². The van der Waals surface area contributed by atoms with Gasteiger partial charge < -0.3 is 0 Å². The first-order valence-corrected chi connectivity index (χ1v) is 3.57. The molecule has 0 aromatic carbocycles. The molecule has 0 heteroatoms. The minimum Gasteiger partial charge on any atom is -0.0844 e. The van der Waals surface area contributed by atoms with Crippen LogP contribution in [0, 0.1) is 11.8 Å². The topological polar surface area (TPSA) is 0 Å². The quantitative estimate of drug-likeness (QED) is 0.418. The van der Waals surface area contributed by atoms with Gasteiger partial charge in [-0.2, -0.15) is 0 Å². The van der Waals surface area contributed by atoms with Gasteiger partial charge in [0.15, 0.2) is 0 Å². The molecule has 0 aliphatic heterocycles. The lowest BCUT2D eigenvalue weighted by molar-refractivity contribution is 0.438. The minimum atomic E-state index is 1.01. The van der Waals surface area contributed by atoms with Gasteiger partial charge in [0.05, 0.1) is 0 Å². The van der Waals surface area contributed by atoms with Crippen molar-refractivity contribution in [3.8, 4) is 0 Å². The summed E-state index contributed by atoms with van der Waals surface area (Å²) in [5, 5.41) is 0. The molecule has 0 heterocycles. The van der Waals surface area contributed by atoms with E-state index in [2.05, 4.69) is 13.0 Å². The van der Waals surface area contributed by atoms with Gasteiger partial charge in [0.25, 0.3) is 0 Å². The Morgan fingerprint density at radius 1 is 1.62 bits per heavy atom. The van der Waals surface area contributed by atoms with E-state index in [9.17, 15) is 0 Å². The Kier molecular flexibility index (Phi) is 0.787. The summed E-state index contributed by atoms with van der Waals surface area (Å²) < 4.78 is 0. The fraction of sp³-hybridized carbons (Fsp3) is 0.750. The normalized spacial score (nSPS) is 42.9. The smallest absolute Gasteiger partial charge is 0.0143 e. The zero-order valence-corrected chi connectivity index (χ0v) is 5.35. The van der Waals surface area contributed by atoms with Crippen molar-refractivity contribution in [2.24, 2.45) is 11.8 Å². The van der Waals surface area contributed by atoms with Gasteiger partial charge in [-0.3, -0.25) is 0 Å². The summed E-state index contributed by atoms with van der Waals surface area (Å²) in [6.45, 7) is 2.38. The Hall–Kier alpha value is -0.260. The lowest BCUT2D eigenvalue weighted by Gasteiger charge is -2.22. The predicted octanol–water partition coefficient (Wildman–Crippen LogP) is 2.36. The Labute approximate surface area is 50.6 Å². The van der Waals surface area contributed by atoms with Crippen LogP contribution >= 0.6 is 0 Å². The molecule has 1 saturated carbocycles. The van der Waals surface area contributed by atoms with Crippen LogP contribution in [0.25, 0.3) is 0 Å². The second-order valence-electron chi connectivity index (χ2n) is 3.14. The molecule has 0 nitrogen and oxygen atoms in total. The molecule has 0 aromatic rings. The summed E-state index contributed by atoms with van der Waals surface area (Å²) in [6.07, 6.45) is 6.66. The van der Waals surface area contributed by atoms with Crippen molar-refractivity contribution in [2.45, 2.75) is 26.2 Å². The van der Waals surface area contributed by atoms with Crippen molar-refractivity contribution < 1.29 is 0 Å². The molecule has 0 spiro atoms. The highest BCUT2D eigenvalue weighted by Gasteiger charge is 2.31. The van der Waals surface area contributed by atoms with Crippen molar-refractivity contribution in [1.29, 1.82) is 0 Å².